The second kappa shape index (κ2) is 5.20. The van der Waals surface area contributed by atoms with Gasteiger partial charge in [-0.3, -0.25) is 4.79 Å². The van der Waals surface area contributed by atoms with Gasteiger partial charge in [0.2, 0.25) is 5.91 Å². The van der Waals surface area contributed by atoms with Crippen LogP contribution in [-0.4, -0.2) is 30.2 Å². The van der Waals surface area contributed by atoms with E-state index in [-0.39, 0.29) is 12.0 Å². The maximum Gasteiger partial charge on any atom is 0.218 e. The Morgan fingerprint density at radius 3 is 2.80 bits per heavy atom. The van der Waals surface area contributed by atoms with Crippen molar-refractivity contribution in [1.29, 1.82) is 0 Å². The highest BCUT2D eigenvalue weighted by Gasteiger charge is 1.95. The lowest BCUT2D eigenvalue weighted by molar-refractivity contribution is -0.117. The Labute approximate surface area is 60.4 Å². The van der Waals surface area contributed by atoms with Crippen LogP contribution in [0.1, 0.15) is 13.3 Å². The summed E-state index contributed by atoms with van der Waals surface area (Å²) in [5.41, 5.74) is 4.87. The summed E-state index contributed by atoms with van der Waals surface area (Å²) >= 11 is 0. The molecule has 0 aromatic carbocycles. The van der Waals surface area contributed by atoms with Gasteiger partial charge in [0.05, 0.1) is 6.10 Å². The molecular weight excluding hydrogens is 132 g/mol. The summed E-state index contributed by atoms with van der Waals surface area (Å²) in [5.74, 6) is -0.321. The summed E-state index contributed by atoms with van der Waals surface area (Å²) in [7, 11) is 0. The molecule has 0 saturated heterocycles. The molecule has 0 fully saturated rings. The maximum atomic E-state index is 10.2. The lowest BCUT2D eigenvalue weighted by atomic mass is 10.3. The molecule has 1 amide bonds. The van der Waals surface area contributed by atoms with Crippen molar-refractivity contribution in [3.8, 4) is 0 Å². The third kappa shape index (κ3) is 7.39. The molecule has 0 aromatic heterocycles. The van der Waals surface area contributed by atoms with E-state index in [2.05, 4.69) is 5.32 Å². The zero-order valence-electron chi connectivity index (χ0n) is 6.13. The van der Waals surface area contributed by atoms with Crippen molar-refractivity contribution in [2.45, 2.75) is 19.4 Å². The van der Waals surface area contributed by atoms with Crippen LogP contribution in [0.4, 0.5) is 0 Å². The van der Waals surface area contributed by atoms with Gasteiger partial charge in [-0.15, -0.1) is 0 Å². The average molecular weight is 146 g/mol. The van der Waals surface area contributed by atoms with Crippen LogP contribution in [0.2, 0.25) is 0 Å². The van der Waals surface area contributed by atoms with Gasteiger partial charge < -0.3 is 16.2 Å². The highest BCUT2D eigenvalue weighted by Crippen LogP contribution is 1.76. The van der Waals surface area contributed by atoms with E-state index in [1.54, 1.807) is 6.92 Å². The van der Waals surface area contributed by atoms with E-state index in [0.29, 0.717) is 19.5 Å². The van der Waals surface area contributed by atoms with Crippen molar-refractivity contribution < 1.29 is 9.90 Å². The first-order valence-electron chi connectivity index (χ1n) is 3.30. The Morgan fingerprint density at radius 2 is 2.40 bits per heavy atom. The molecule has 0 unspecified atom stereocenters. The number of hydrogen-bond donors (Lipinski definition) is 3. The van der Waals surface area contributed by atoms with Gasteiger partial charge in [-0.25, -0.2) is 0 Å². The number of hydrogen-bond acceptors (Lipinski definition) is 3. The van der Waals surface area contributed by atoms with Crippen molar-refractivity contribution >= 4 is 5.91 Å². The minimum atomic E-state index is -0.368. The second-order valence-electron chi connectivity index (χ2n) is 2.27. The number of carbonyl (C=O) groups excluding carboxylic acids is 1. The van der Waals surface area contributed by atoms with Crippen LogP contribution in [-0.2, 0) is 4.79 Å². The Kier molecular flexibility index (Phi) is 4.88. The fourth-order valence-corrected chi connectivity index (χ4v) is 0.523. The first kappa shape index (κ1) is 9.39. The molecule has 0 bridgehead atoms. The monoisotopic (exact) mass is 146 g/mol. The minimum absolute atomic E-state index is 0.321. The van der Waals surface area contributed by atoms with E-state index in [0.717, 1.165) is 0 Å². The summed E-state index contributed by atoms with van der Waals surface area (Å²) in [6.07, 6.45) is -0.0416. The van der Waals surface area contributed by atoms with Crippen LogP contribution in [0.5, 0.6) is 0 Å². The molecule has 0 aliphatic carbocycles. The Hall–Kier alpha value is -0.610. The molecule has 60 valence electrons. The lowest BCUT2D eigenvalue weighted by Crippen LogP contribution is -2.28. The molecule has 4 heteroatoms. The molecular formula is C6H14N2O2. The maximum absolute atomic E-state index is 10.2. The molecule has 0 spiro atoms. The first-order chi connectivity index (χ1) is 4.63. The zero-order chi connectivity index (χ0) is 7.98. The van der Waals surface area contributed by atoms with Gasteiger partial charge in [0.25, 0.3) is 0 Å². The van der Waals surface area contributed by atoms with Crippen molar-refractivity contribution in [2.75, 3.05) is 13.1 Å². The standard InChI is InChI=1S/C6H14N2O2/c1-5(9)4-8-3-2-6(7)10/h5,8-9H,2-4H2,1H3,(H2,7,10)/t5-/m0/s1. The predicted molar refractivity (Wildman–Crippen MR) is 38.4 cm³/mol. The van der Waals surface area contributed by atoms with Crippen LogP contribution in [0.25, 0.3) is 0 Å². The topological polar surface area (TPSA) is 75.3 Å². The number of amides is 1. The number of carbonyl (C=O) groups is 1. The molecule has 0 heterocycles. The summed E-state index contributed by atoms with van der Waals surface area (Å²) in [6, 6.07) is 0. The molecule has 4 N–H and O–H groups in total. The van der Waals surface area contributed by atoms with Gasteiger partial charge in [-0.1, -0.05) is 0 Å². The van der Waals surface area contributed by atoms with Crippen LogP contribution in [0.15, 0.2) is 0 Å². The molecule has 0 aliphatic rings. The van der Waals surface area contributed by atoms with Gasteiger partial charge in [-0.2, -0.15) is 0 Å². The number of aliphatic hydroxyl groups excluding tert-OH is 1. The first-order valence-corrected chi connectivity index (χ1v) is 3.30. The molecule has 0 saturated carbocycles. The smallest absolute Gasteiger partial charge is 0.218 e. The zero-order valence-corrected chi connectivity index (χ0v) is 6.13. The molecule has 0 aliphatic heterocycles. The van der Waals surface area contributed by atoms with E-state index in [1.165, 1.54) is 0 Å². The molecule has 10 heavy (non-hydrogen) atoms. The summed E-state index contributed by atoms with van der Waals surface area (Å²) < 4.78 is 0. The van der Waals surface area contributed by atoms with Crippen molar-refractivity contribution in [1.82, 2.24) is 5.32 Å². The quantitative estimate of drug-likeness (QED) is 0.428. The van der Waals surface area contributed by atoms with E-state index in [9.17, 15) is 4.79 Å². The minimum Gasteiger partial charge on any atom is -0.392 e. The highest BCUT2D eigenvalue weighted by atomic mass is 16.3. The van der Waals surface area contributed by atoms with Crippen molar-refractivity contribution in [3.63, 3.8) is 0 Å². The SMILES string of the molecule is C[C@H](O)CNCCC(N)=O. The third-order valence-electron chi connectivity index (χ3n) is 0.988. The Bertz CT molecular complexity index is 104. The normalized spacial score (nSPS) is 13.0. The highest BCUT2D eigenvalue weighted by molar-refractivity contribution is 5.73. The fourth-order valence-electron chi connectivity index (χ4n) is 0.523. The summed E-state index contributed by atoms with van der Waals surface area (Å²) in [5, 5.41) is 11.6. The second-order valence-corrected chi connectivity index (χ2v) is 2.27. The number of nitrogens with one attached hydrogen (secondary N) is 1. The van der Waals surface area contributed by atoms with Crippen molar-refractivity contribution in [3.05, 3.63) is 0 Å². The molecule has 1 atom stereocenters. The van der Waals surface area contributed by atoms with E-state index < -0.39 is 0 Å². The average Bonchev–Trinajstić information content (AvgIpc) is 1.79. The van der Waals surface area contributed by atoms with Crippen molar-refractivity contribution in [2.24, 2.45) is 5.73 Å². The largest absolute Gasteiger partial charge is 0.392 e. The molecule has 4 nitrogen and oxygen atoms in total. The number of primary amides is 1. The summed E-state index contributed by atoms with van der Waals surface area (Å²) in [6.45, 7) is 2.73. The Morgan fingerprint density at radius 1 is 1.80 bits per heavy atom. The third-order valence-corrected chi connectivity index (χ3v) is 0.988. The molecule has 0 radical (unpaired) electrons. The molecule has 0 rings (SSSR count). The van der Waals surface area contributed by atoms with E-state index in [1.807, 2.05) is 0 Å². The van der Waals surface area contributed by atoms with Crippen LogP contribution >= 0.6 is 0 Å². The van der Waals surface area contributed by atoms with Crippen LogP contribution < -0.4 is 11.1 Å². The van der Waals surface area contributed by atoms with Gasteiger partial charge >= 0.3 is 0 Å². The number of aliphatic hydroxyl groups is 1. The van der Waals surface area contributed by atoms with E-state index >= 15 is 0 Å². The number of rotatable bonds is 5. The van der Waals surface area contributed by atoms with Gasteiger partial charge in [0.15, 0.2) is 0 Å². The molecule has 0 aromatic rings. The van der Waals surface area contributed by atoms with Gasteiger partial charge in [0.1, 0.15) is 0 Å². The Balaban J connectivity index is 2.98. The predicted octanol–water partition coefficient (Wildman–Crippen LogP) is -1.17. The van der Waals surface area contributed by atoms with Crippen LogP contribution in [0.3, 0.4) is 0 Å². The van der Waals surface area contributed by atoms with Gasteiger partial charge in [0, 0.05) is 19.5 Å². The summed E-state index contributed by atoms with van der Waals surface area (Å²) in [4.78, 5) is 10.2. The van der Waals surface area contributed by atoms with Crippen LogP contribution in [0, 0.1) is 0 Å². The lowest BCUT2D eigenvalue weighted by Gasteiger charge is -2.04. The van der Waals surface area contributed by atoms with E-state index in [4.69, 9.17) is 10.8 Å². The van der Waals surface area contributed by atoms with Gasteiger partial charge in [-0.05, 0) is 6.92 Å². The number of nitrogens with two attached hydrogens (primary N) is 1. The fraction of sp³-hybridized carbons (Fsp3) is 0.833.